The van der Waals surface area contributed by atoms with E-state index in [9.17, 15) is 0 Å². The van der Waals surface area contributed by atoms with Crippen LogP contribution in [0.4, 0.5) is 0 Å². The van der Waals surface area contributed by atoms with E-state index in [1.165, 1.54) is 44.9 Å². The summed E-state index contributed by atoms with van der Waals surface area (Å²) in [5, 5.41) is 0. The van der Waals surface area contributed by atoms with Crippen molar-refractivity contribution in [2.24, 2.45) is 0 Å². The van der Waals surface area contributed by atoms with Crippen LogP contribution in [0.5, 0.6) is 0 Å². The molecule has 1 aliphatic carbocycles. The number of halogens is 1. The van der Waals surface area contributed by atoms with Crippen LogP contribution in [-0.4, -0.2) is 29.3 Å². The summed E-state index contributed by atoms with van der Waals surface area (Å²) in [4.78, 5) is 0. The lowest BCUT2D eigenvalue weighted by Gasteiger charge is -2.22. The van der Waals surface area contributed by atoms with Gasteiger partial charge in [-0.3, -0.25) is 0 Å². The maximum absolute atomic E-state index is 6.03. The molecule has 2 fully saturated rings. The van der Waals surface area contributed by atoms with E-state index in [0.29, 0.717) is 16.1 Å². The van der Waals surface area contributed by atoms with Gasteiger partial charge in [0.2, 0.25) is 0 Å². The van der Waals surface area contributed by atoms with Gasteiger partial charge in [0.05, 0.1) is 18.8 Å². The molecule has 0 bridgehead atoms. The summed E-state index contributed by atoms with van der Waals surface area (Å²) in [6, 6.07) is 0. The Hall–Kier alpha value is 0.650. The van der Waals surface area contributed by atoms with Crippen molar-refractivity contribution in [2.45, 2.75) is 61.1 Å². The Morgan fingerprint density at radius 1 is 1.07 bits per heavy atom. The Morgan fingerprint density at radius 3 is 2.73 bits per heavy atom. The molecule has 3 atom stereocenters. The largest absolute Gasteiger partial charge is 0.376 e. The van der Waals surface area contributed by atoms with Crippen molar-refractivity contribution in [3.63, 3.8) is 0 Å². The van der Waals surface area contributed by atoms with Crippen molar-refractivity contribution in [2.75, 3.05) is 13.2 Å². The number of rotatable bonds is 3. The predicted octanol–water partition coefficient (Wildman–Crippen LogP) is 3.32. The molecule has 1 saturated carbocycles. The van der Waals surface area contributed by atoms with E-state index < -0.39 is 0 Å². The fourth-order valence-electron chi connectivity index (χ4n) is 2.42. The summed E-state index contributed by atoms with van der Waals surface area (Å²) in [6.45, 7) is 1.76. The Labute approximate surface area is 106 Å². The van der Waals surface area contributed by atoms with Crippen LogP contribution in [0.2, 0.25) is 0 Å². The van der Waals surface area contributed by atoms with Crippen molar-refractivity contribution in [3.05, 3.63) is 0 Å². The second kappa shape index (κ2) is 6.40. The van der Waals surface area contributed by atoms with Gasteiger partial charge in [-0.1, -0.05) is 41.9 Å². The summed E-state index contributed by atoms with van der Waals surface area (Å²) >= 11 is 2.56. The van der Waals surface area contributed by atoms with E-state index in [1.54, 1.807) is 0 Å². The molecule has 0 aromatic rings. The molecule has 88 valence electrons. The van der Waals surface area contributed by atoms with E-state index in [0.717, 1.165) is 13.2 Å². The highest BCUT2D eigenvalue weighted by molar-refractivity contribution is 14.1. The molecular formula is C12H21IO2. The molecular weight excluding hydrogens is 303 g/mol. The van der Waals surface area contributed by atoms with E-state index in [2.05, 4.69) is 22.6 Å². The van der Waals surface area contributed by atoms with Crippen molar-refractivity contribution in [3.8, 4) is 0 Å². The molecule has 15 heavy (non-hydrogen) atoms. The van der Waals surface area contributed by atoms with Crippen molar-refractivity contribution >= 4 is 22.6 Å². The maximum Gasteiger partial charge on any atom is 0.0809 e. The molecule has 1 heterocycles. The summed E-state index contributed by atoms with van der Waals surface area (Å²) < 4.78 is 12.3. The van der Waals surface area contributed by atoms with Gasteiger partial charge in [0.25, 0.3) is 0 Å². The summed E-state index contributed by atoms with van der Waals surface area (Å²) in [6.07, 6.45) is 9.97. The first-order valence-electron chi connectivity index (χ1n) is 6.23. The molecule has 0 aromatic carbocycles. The summed E-state index contributed by atoms with van der Waals surface area (Å²) in [7, 11) is 0. The molecule has 0 N–H and O–H groups in total. The Balaban J connectivity index is 1.71. The quantitative estimate of drug-likeness (QED) is 0.450. The van der Waals surface area contributed by atoms with Crippen LogP contribution >= 0.6 is 22.6 Å². The SMILES string of the molecule is IC1CCCCCC1OCC1CCCO1. The number of hydrogen-bond acceptors (Lipinski definition) is 2. The third kappa shape index (κ3) is 3.86. The number of hydrogen-bond donors (Lipinski definition) is 0. The van der Waals surface area contributed by atoms with Crippen molar-refractivity contribution in [1.82, 2.24) is 0 Å². The van der Waals surface area contributed by atoms with Gasteiger partial charge < -0.3 is 9.47 Å². The lowest BCUT2D eigenvalue weighted by atomic mass is 10.1. The molecule has 3 heteroatoms. The minimum absolute atomic E-state index is 0.386. The van der Waals surface area contributed by atoms with Crippen LogP contribution in [0.3, 0.4) is 0 Å². The first-order chi connectivity index (χ1) is 7.36. The average Bonchev–Trinajstić information content (AvgIpc) is 2.67. The van der Waals surface area contributed by atoms with Crippen LogP contribution in [0.1, 0.15) is 44.9 Å². The van der Waals surface area contributed by atoms with E-state index in [-0.39, 0.29) is 0 Å². The third-order valence-electron chi connectivity index (χ3n) is 3.39. The average molecular weight is 324 g/mol. The zero-order valence-corrected chi connectivity index (χ0v) is 11.4. The van der Waals surface area contributed by atoms with Crippen LogP contribution in [0, 0.1) is 0 Å². The second-order valence-corrected chi connectivity index (χ2v) is 6.26. The minimum Gasteiger partial charge on any atom is -0.376 e. The lowest BCUT2D eigenvalue weighted by molar-refractivity contribution is -0.0213. The van der Waals surface area contributed by atoms with Gasteiger partial charge in [-0.2, -0.15) is 0 Å². The fourth-order valence-corrected chi connectivity index (χ4v) is 3.43. The number of ether oxygens (including phenoxy) is 2. The molecule has 0 aromatic heterocycles. The first-order valence-corrected chi connectivity index (χ1v) is 7.48. The normalized spacial score (nSPS) is 37.8. The fraction of sp³-hybridized carbons (Fsp3) is 1.00. The van der Waals surface area contributed by atoms with Crippen molar-refractivity contribution in [1.29, 1.82) is 0 Å². The Bertz CT molecular complexity index is 180. The van der Waals surface area contributed by atoms with Crippen molar-refractivity contribution < 1.29 is 9.47 Å². The molecule has 0 radical (unpaired) electrons. The molecule has 1 saturated heterocycles. The molecule has 2 nitrogen and oxygen atoms in total. The standard InChI is InChI=1S/C12H21IO2/c13-11-6-2-1-3-7-12(11)15-9-10-5-4-8-14-10/h10-12H,1-9H2. The van der Waals surface area contributed by atoms with Crippen LogP contribution in [0.15, 0.2) is 0 Å². The Kier molecular flexibility index (Phi) is 5.17. The highest BCUT2D eigenvalue weighted by atomic mass is 127. The van der Waals surface area contributed by atoms with Gasteiger partial charge in [-0.25, -0.2) is 0 Å². The van der Waals surface area contributed by atoms with Gasteiger partial charge in [0.1, 0.15) is 0 Å². The predicted molar refractivity (Wildman–Crippen MR) is 69.6 cm³/mol. The molecule has 2 rings (SSSR count). The molecule has 0 amide bonds. The third-order valence-corrected chi connectivity index (χ3v) is 4.82. The first kappa shape index (κ1) is 12.1. The van der Waals surface area contributed by atoms with Crippen LogP contribution in [0.25, 0.3) is 0 Å². The lowest BCUT2D eigenvalue weighted by Crippen LogP contribution is -2.27. The van der Waals surface area contributed by atoms with Crippen LogP contribution in [-0.2, 0) is 9.47 Å². The van der Waals surface area contributed by atoms with Gasteiger partial charge in [0, 0.05) is 10.5 Å². The van der Waals surface area contributed by atoms with Gasteiger partial charge >= 0.3 is 0 Å². The Morgan fingerprint density at radius 2 is 1.93 bits per heavy atom. The molecule has 2 aliphatic rings. The maximum atomic E-state index is 6.03. The summed E-state index contributed by atoms with van der Waals surface area (Å²) in [5.41, 5.74) is 0. The minimum atomic E-state index is 0.386. The van der Waals surface area contributed by atoms with Gasteiger partial charge in [-0.05, 0) is 25.7 Å². The smallest absolute Gasteiger partial charge is 0.0809 e. The monoisotopic (exact) mass is 324 g/mol. The zero-order valence-electron chi connectivity index (χ0n) is 9.29. The number of alkyl halides is 1. The topological polar surface area (TPSA) is 18.5 Å². The zero-order chi connectivity index (χ0) is 10.5. The van der Waals surface area contributed by atoms with E-state index >= 15 is 0 Å². The van der Waals surface area contributed by atoms with E-state index in [1.807, 2.05) is 0 Å². The van der Waals surface area contributed by atoms with Gasteiger partial charge in [-0.15, -0.1) is 0 Å². The highest BCUT2D eigenvalue weighted by Gasteiger charge is 2.24. The molecule has 3 unspecified atom stereocenters. The van der Waals surface area contributed by atoms with Gasteiger partial charge in [0.15, 0.2) is 0 Å². The molecule has 0 spiro atoms. The van der Waals surface area contributed by atoms with E-state index in [4.69, 9.17) is 9.47 Å². The van der Waals surface area contributed by atoms with Crippen LogP contribution < -0.4 is 0 Å². The summed E-state index contributed by atoms with van der Waals surface area (Å²) in [5.74, 6) is 0. The second-order valence-electron chi connectivity index (χ2n) is 4.66. The highest BCUT2D eigenvalue weighted by Crippen LogP contribution is 2.27. The molecule has 1 aliphatic heterocycles.